The maximum Gasteiger partial charge on any atom is 0.243 e. The molecule has 2 aliphatic rings. The SMILES string of the molecule is C[C@@H]1CN[C@@H](C2(O)CC2)C(=O)N(C)[C@H](C)C(=O)N[C@H](Cc2ccc(F)cc2)C(=O)NCCCc2cc(O)ccc2O1. The van der Waals surface area contributed by atoms with Gasteiger partial charge in [-0.1, -0.05) is 12.1 Å². The maximum absolute atomic E-state index is 13.5. The van der Waals surface area contributed by atoms with Gasteiger partial charge in [-0.05, 0) is 81.0 Å². The van der Waals surface area contributed by atoms with E-state index in [1.165, 1.54) is 30.1 Å². The Morgan fingerprint density at radius 3 is 2.46 bits per heavy atom. The van der Waals surface area contributed by atoms with Crippen molar-refractivity contribution in [3.05, 3.63) is 59.4 Å². The fraction of sp³-hybridized carbons (Fsp3) is 0.500. The van der Waals surface area contributed by atoms with Crippen molar-refractivity contribution in [1.82, 2.24) is 20.9 Å². The van der Waals surface area contributed by atoms with E-state index in [0.717, 1.165) is 5.56 Å². The van der Waals surface area contributed by atoms with E-state index in [2.05, 4.69) is 16.0 Å². The van der Waals surface area contributed by atoms with Gasteiger partial charge in [0, 0.05) is 26.6 Å². The lowest BCUT2D eigenvalue weighted by molar-refractivity contribution is -0.143. The third-order valence-corrected chi connectivity index (χ3v) is 7.74. The number of phenols is 1. The van der Waals surface area contributed by atoms with Crippen LogP contribution in [0.4, 0.5) is 4.39 Å². The number of benzene rings is 2. The molecule has 4 atom stereocenters. The van der Waals surface area contributed by atoms with Crippen molar-refractivity contribution < 1.29 is 33.7 Å². The Balaban J connectivity index is 1.60. The molecule has 2 aromatic rings. The van der Waals surface area contributed by atoms with Crippen LogP contribution in [0.5, 0.6) is 11.5 Å². The number of likely N-dealkylation sites (N-methyl/N-ethyl adjacent to an activating group) is 1. The molecule has 1 heterocycles. The van der Waals surface area contributed by atoms with E-state index in [4.69, 9.17) is 4.74 Å². The summed E-state index contributed by atoms with van der Waals surface area (Å²) in [5.41, 5.74) is 0.184. The van der Waals surface area contributed by atoms with Crippen molar-refractivity contribution in [3.63, 3.8) is 0 Å². The molecular weight excluding hydrogens is 531 g/mol. The molecule has 1 aliphatic carbocycles. The normalized spacial score (nSPS) is 26.1. The zero-order chi connectivity index (χ0) is 29.7. The lowest BCUT2D eigenvalue weighted by Gasteiger charge is -2.32. The average molecular weight is 571 g/mol. The number of nitrogens with one attached hydrogen (secondary N) is 3. The molecule has 222 valence electrons. The third kappa shape index (κ3) is 7.74. The second-order valence-corrected chi connectivity index (χ2v) is 11.1. The summed E-state index contributed by atoms with van der Waals surface area (Å²) in [5, 5.41) is 29.7. The number of hydrogen-bond acceptors (Lipinski definition) is 7. The van der Waals surface area contributed by atoms with Crippen molar-refractivity contribution >= 4 is 17.7 Å². The first-order valence-corrected chi connectivity index (χ1v) is 14.0. The lowest BCUT2D eigenvalue weighted by Crippen LogP contribution is -2.59. The highest BCUT2D eigenvalue weighted by Crippen LogP contribution is 2.39. The van der Waals surface area contributed by atoms with Gasteiger partial charge in [0.1, 0.15) is 41.5 Å². The van der Waals surface area contributed by atoms with Crippen LogP contribution < -0.4 is 20.7 Å². The highest BCUT2D eigenvalue weighted by Gasteiger charge is 2.52. The summed E-state index contributed by atoms with van der Waals surface area (Å²) in [7, 11) is 1.49. The van der Waals surface area contributed by atoms with E-state index < -0.39 is 47.3 Å². The van der Waals surface area contributed by atoms with Crippen molar-refractivity contribution in [3.8, 4) is 11.5 Å². The first kappa shape index (κ1) is 30.3. The monoisotopic (exact) mass is 570 g/mol. The maximum atomic E-state index is 13.5. The first-order chi connectivity index (χ1) is 19.5. The van der Waals surface area contributed by atoms with Crippen LogP contribution >= 0.6 is 0 Å². The largest absolute Gasteiger partial charge is 0.508 e. The second kappa shape index (κ2) is 12.9. The summed E-state index contributed by atoms with van der Waals surface area (Å²) in [6.07, 6.45) is 1.67. The quantitative estimate of drug-likeness (QED) is 0.376. The van der Waals surface area contributed by atoms with Crippen LogP contribution in [0, 0.1) is 5.82 Å². The third-order valence-electron chi connectivity index (χ3n) is 7.74. The summed E-state index contributed by atoms with van der Waals surface area (Å²) in [6, 6.07) is 7.64. The molecule has 11 heteroatoms. The Kier molecular flexibility index (Phi) is 9.49. The highest BCUT2D eigenvalue weighted by molar-refractivity contribution is 5.93. The summed E-state index contributed by atoms with van der Waals surface area (Å²) in [4.78, 5) is 41.3. The summed E-state index contributed by atoms with van der Waals surface area (Å²) >= 11 is 0. The molecule has 0 unspecified atom stereocenters. The predicted octanol–water partition coefficient (Wildman–Crippen LogP) is 1.42. The van der Waals surface area contributed by atoms with Crippen molar-refractivity contribution in [1.29, 1.82) is 0 Å². The minimum atomic E-state index is -1.23. The molecule has 0 aromatic heterocycles. The molecule has 2 aromatic carbocycles. The van der Waals surface area contributed by atoms with Crippen LogP contribution in [-0.2, 0) is 27.2 Å². The van der Waals surface area contributed by atoms with E-state index in [1.54, 1.807) is 31.2 Å². The highest BCUT2D eigenvalue weighted by atomic mass is 19.1. The number of aromatic hydroxyl groups is 1. The molecule has 0 radical (unpaired) electrons. The second-order valence-electron chi connectivity index (χ2n) is 11.1. The number of rotatable bonds is 3. The molecule has 0 spiro atoms. The molecule has 1 aliphatic heterocycles. The Hall–Kier alpha value is -3.70. The van der Waals surface area contributed by atoms with Gasteiger partial charge in [0.05, 0.1) is 5.60 Å². The van der Waals surface area contributed by atoms with Gasteiger partial charge in [-0.2, -0.15) is 0 Å². The number of aryl methyl sites for hydroxylation is 1. The number of phenolic OH excluding ortho intramolecular Hbond substituents is 1. The molecule has 5 N–H and O–H groups in total. The Bertz CT molecular complexity index is 1250. The average Bonchev–Trinajstić information content (AvgIpc) is 3.69. The summed E-state index contributed by atoms with van der Waals surface area (Å²) < 4.78 is 19.6. The number of halogens is 1. The minimum absolute atomic E-state index is 0.0881. The predicted molar refractivity (Wildman–Crippen MR) is 150 cm³/mol. The van der Waals surface area contributed by atoms with Gasteiger partial charge in [0.2, 0.25) is 17.7 Å². The molecule has 1 fully saturated rings. The lowest BCUT2D eigenvalue weighted by atomic mass is 10.0. The van der Waals surface area contributed by atoms with Crippen LogP contribution in [-0.4, -0.2) is 82.8 Å². The molecular formula is C30H39FN4O6. The summed E-state index contributed by atoms with van der Waals surface area (Å²) in [5.74, 6) is -1.16. The van der Waals surface area contributed by atoms with E-state index in [-0.39, 0.29) is 24.8 Å². The van der Waals surface area contributed by atoms with Gasteiger partial charge in [0.25, 0.3) is 0 Å². The van der Waals surface area contributed by atoms with Gasteiger partial charge >= 0.3 is 0 Å². The van der Waals surface area contributed by atoms with Crippen LogP contribution in [0.3, 0.4) is 0 Å². The minimum Gasteiger partial charge on any atom is -0.508 e. The van der Waals surface area contributed by atoms with E-state index in [1.807, 2.05) is 6.92 Å². The fourth-order valence-corrected chi connectivity index (χ4v) is 4.88. The van der Waals surface area contributed by atoms with E-state index in [9.17, 15) is 29.0 Å². The number of amides is 3. The molecule has 0 bridgehead atoms. The van der Waals surface area contributed by atoms with Gasteiger partial charge in [-0.3, -0.25) is 19.7 Å². The Morgan fingerprint density at radius 1 is 1.07 bits per heavy atom. The van der Waals surface area contributed by atoms with Crippen LogP contribution in [0.1, 0.15) is 44.2 Å². The number of ether oxygens (including phenoxy) is 1. The topological polar surface area (TPSA) is 140 Å². The standard InChI is InChI=1S/C30H39FN4O6/c1-18-17-33-26(30(40)12-13-30)29(39)35(3)19(2)27(37)34-24(15-20-6-8-22(31)9-7-20)28(38)32-14-4-5-21-16-23(36)10-11-25(21)41-18/h6-11,16,18-19,24,26,33,36,40H,4-5,12-15,17H2,1-3H3,(H,32,38)(H,34,37)/t18-,19-,24-,26-/m1/s1. The molecule has 4 rings (SSSR count). The fourth-order valence-electron chi connectivity index (χ4n) is 4.88. The first-order valence-electron chi connectivity index (χ1n) is 14.0. The number of aliphatic hydroxyl groups is 1. The Morgan fingerprint density at radius 2 is 1.78 bits per heavy atom. The van der Waals surface area contributed by atoms with Crippen LogP contribution in [0.2, 0.25) is 0 Å². The van der Waals surface area contributed by atoms with Crippen molar-refractivity contribution in [2.24, 2.45) is 0 Å². The molecule has 41 heavy (non-hydrogen) atoms. The molecule has 0 saturated heterocycles. The van der Waals surface area contributed by atoms with E-state index in [0.29, 0.717) is 43.5 Å². The molecule has 1 saturated carbocycles. The van der Waals surface area contributed by atoms with Gasteiger partial charge in [-0.25, -0.2) is 4.39 Å². The van der Waals surface area contributed by atoms with Crippen molar-refractivity contribution in [2.45, 2.75) is 75.8 Å². The smallest absolute Gasteiger partial charge is 0.243 e. The van der Waals surface area contributed by atoms with Gasteiger partial charge in [0.15, 0.2) is 0 Å². The van der Waals surface area contributed by atoms with E-state index >= 15 is 0 Å². The van der Waals surface area contributed by atoms with Crippen molar-refractivity contribution in [2.75, 3.05) is 20.1 Å². The summed E-state index contributed by atoms with van der Waals surface area (Å²) in [6.45, 7) is 3.95. The Labute approximate surface area is 239 Å². The van der Waals surface area contributed by atoms with Crippen LogP contribution in [0.25, 0.3) is 0 Å². The van der Waals surface area contributed by atoms with Gasteiger partial charge in [-0.15, -0.1) is 0 Å². The zero-order valence-corrected chi connectivity index (χ0v) is 23.7. The number of nitrogens with zero attached hydrogens (tertiary/aromatic N) is 1. The van der Waals surface area contributed by atoms with Gasteiger partial charge < -0.3 is 30.5 Å². The zero-order valence-electron chi connectivity index (χ0n) is 23.7. The molecule has 10 nitrogen and oxygen atoms in total. The van der Waals surface area contributed by atoms with Crippen LogP contribution in [0.15, 0.2) is 42.5 Å². The number of carbonyl (C=O) groups is 3. The number of hydrogen-bond donors (Lipinski definition) is 5. The number of fused-ring (bicyclic) bond motifs is 1. The number of carbonyl (C=O) groups excluding carboxylic acids is 3. The molecule has 3 amide bonds.